The number of rotatable bonds is 5. The van der Waals surface area contributed by atoms with Crippen LogP contribution in [0.5, 0.6) is 0 Å². The second-order valence-corrected chi connectivity index (χ2v) is 13.8. The molecule has 2 aromatic rings. The van der Waals surface area contributed by atoms with Crippen molar-refractivity contribution in [3.05, 3.63) is 60.7 Å². The topological polar surface area (TPSA) is 29.5 Å². The number of benzene rings is 2. The summed E-state index contributed by atoms with van der Waals surface area (Å²) < 4.78 is 21.4. The van der Waals surface area contributed by atoms with Gasteiger partial charge in [-0.05, 0) is 21.8 Å². The van der Waals surface area contributed by atoms with E-state index in [4.69, 9.17) is 4.43 Å². The Morgan fingerprint density at radius 3 is 2.14 bits per heavy atom. The van der Waals surface area contributed by atoms with Crippen LogP contribution in [0.1, 0.15) is 40.0 Å². The van der Waals surface area contributed by atoms with E-state index in [1.807, 2.05) is 12.1 Å². The molecule has 0 spiro atoms. The summed E-state index contributed by atoms with van der Waals surface area (Å²) in [5.74, 6) is 0.0659. The number of carbonyl (C=O) groups is 1. The van der Waals surface area contributed by atoms with E-state index in [0.29, 0.717) is 25.9 Å². The van der Waals surface area contributed by atoms with Crippen LogP contribution in [0.3, 0.4) is 0 Å². The minimum atomic E-state index is -2.69. The van der Waals surface area contributed by atoms with Crippen molar-refractivity contribution in [1.29, 1.82) is 0 Å². The first-order valence-corrected chi connectivity index (χ1v) is 12.4. The fraction of sp³-hybridized carbons (Fsp3) is 0.458. The summed E-state index contributed by atoms with van der Waals surface area (Å²) in [5.41, 5.74) is -0.496. The maximum absolute atomic E-state index is 14.3. The fourth-order valence-corrected chi connectivity index (χ4v) is 9.91. The molecule has 0 saturated carbocycles. The Labute approximate surface area is 174 Å². The summed E-state index contributed by atoms with van der Waals surface area (Å²) in [6.07, 6.45) is 0.611. The number of alkyl halides is 1. The van der Waals surface area contributed by atoms with Gasteiger partial charge in [0.25, 0.3) is 8.32 Å². The fourth-order valence-electron chi connectivity index (χ4n) is 5.27. The van der Waals surface area contributed by atoms with Gasteiger partial charge in [-0.3, -0.25) is 4.79 Å². The molecule has 5 heteroatoms. The van der Waals surface area contributed by atoms with Gasteiger partial charge in [0.15, 0.2) is 0 Å². The lowest BCUT2D eigenvalue weighted by atomic mass is 9.95. The smallest absolute Gasteiger partial charge is 0.261 e. The van der Waals surface area contributed by atoms with Gasteiger partial charge in [0.2, 0.25) is 5.91 Å². The molecule has 0 aromatic heterocycles. The van der Waals surface area contributed by atoms with E-state index >= 15 is 0 Å². The van der Waals surface area contributed by atoms with Gasteiger partial charge in [0, 0.05) is 12.8 Å². The molecule has 2 heterocycles. The van der Waals surface area contributed by atoms with Gasteiger partial charge >= 0.3 is 0 Å². The number of halogens is 1. The predicted molar refractivity (Wildman–Crippen MR) is 117 cm³/mol. The summed E-state index contributed by atoms with van der Waals surface area (Å²) in [7, 11) is -2.69. The van der Waals surface area contributed by atoms with Gasteiger partial charge in [0.1, 0.15) is 6.17 Å². The molecule has 2 saturated heterocycles. The van der Waals surface area contributed by atoms with Gasteiger partial charge in [-0.25, -0.2) is 4.39 Å². The number of nitrogens with zero attached hydrogens (tertiary/aromatic N) is 1. The van der Waals surface area contributed by atoms with Crippen molar-refractivity contribution >= 4 is 24.6 Å². The van der Waals surface area contributed by atoms with Gasteiger partial charge in [-0.15, -0.1) is 0 Å². The third-order valence-corrected chi connectivity index (χ3v) is 11.6. The Kier molecular flexibility index (Phi) is 5.16. The van der Waals surface area contributed by atoms with Crippen LogP contribution in [0.2, 0.25) is 5.04 Å². The number of hydrogen-bond acceptors (Lipinski definition) is 2. The first-order valence-electron chi connectivity index (χ1n) is 10.5. The summed E-state index contributed by atoms with van der Waals surface area (Å²) in [6, 6.07) is 20.9. The predicted octanol–water partition coefficient (Wildman–Crippen LogP) is 3.67. The van der Waals surface area contributed by atoms with Gasteiger partial charge in [0.05, 0.1) is 18.7 Å². The lowest BCUT2D eigenvalue weighted by Gasteiger charge is -2.45. The maximum Gasteiger partial charge on any atom is 0.261 e. The van der Waals surface area contributed by atoms with E-state index in [9.17, 15) is 9.18 Å². The molecule has 0 N–H and O–H groups in total. The third kappa shape index (κ3) is 3.34. The van der Waals surface area contributed by atoms with Crippen molar-refractivity contribution < 1.29 is 13.6 Å². The Hall–Kier alpha value is -1.98. The average Bonchev–Trinajstić information content (AvgIpc) is 3.18. The lowest BCUT2D eigenvalue weighted by Crippen LogP contribution is -2.68. The van der Waals surface area contributed by atoms with E-state index < -0.39 is 20.0 Å². The number of fused-ring (bicyclic) bond motifs is 1. The monoisotopic (exact) mass is 411 g/mol. The first-order chi connectivity index (χ1) is 13.8. The van der Waals surface area contributed by atoms with Crippen LogP contribution in [0, 0.1) is 0 Å². The largest absolute Gasteiger partial charge is 0.405 e. The Bertz CT molecular complexity index is 828. The molecule has 2 aliphatic rings. The molecular weight excluding hydrogens is 381 g/mol. The molecule has 0 unspecified atom stereocenters. The highest BCUT2D eigenvalue weighted by molar-refractivity contribution is 6.99. The summed E-state index contributed by atoms with van der Waals surface area (Å²) in [6.45, 7) is 7.32. The van der Waals surface area contributed by atoms with Crippen LogP contribution in [0.15, 0.2) is 60.7 Å². The molecule has 2 fully saturated rings. The first kappa shape index (κ1) is 20.3. The van der Waals surface area contributed by atoms with Crippen LogP contribution in [-0.4, -0.2) is 44.0 Å². The molecular formula is C24H30FNO2Si. The summed E-state index contributed by atoms with van der Waals surface area (Å²) in [4.78, 5) is 14.1. The van der Waals surface area contributed by atoms with Crippen molar-refractivity contribution in [2.45, 2.75) is 56.8 Å². The molecule has 1 amide bonds. The van der Waals surface area contributed by atoms with Crippen LogP contribution >= 0.6 is 0 Å². The minimum Gasteiger partial charge on any atom is -0.405 e. The summed E-state index contributed by atoms with van der Waals surface area (Å²) >= 11 is 0. The molecule has 2 aliphatic heterocycles. The number of amides is 1. The zero-order chi connectivity index (χ0) is 20.7. The van der Waals surface area contributed by atoms with E-state index in [2.05, 4.69) is 69.3 Å². The second kappa shape index (κ2) is 7.37. The molecule has 3 nitrogen and oxygen atoms in total. The van der Waals surface area contributed by atoms with Crippen LogP contribution in [0.4, 0.5) is 4.39 Å². The zero-order valence-corrected chi connectivity index (χ0v) is 18.5. The molecule has 29 heavy (non-hydrogen) atoms. The minimum absolute atomic E-state index is 0.0659. The van der Waals surface area contributed by atoms with Crippen LogP contribution < -0.4 is 10.4 Å². The molecule has 154 valence electrons. The van der Waals surface area contributed by atoms with E-state index in [-0.39, 0.29) is 17.5 Å². The highest BCUT2D eigenvalue weighted by atomic mass is 28.4. The number of carbonyl (C=O) groups excluding carboxylic acids is 1. The van der Waals surface area contributed by atoms with Gasteiger partial charge in [-0.1, -0.05) is 81.4 Å². The van der Waals surface area contributed by atoms with E-state index in [1.165, 1.54) is 10.4 Å². The second-order valence-electron chi connectivity index (χ2n) is 9.48. The Morgan fingerprint density at radius 1 is 1.07 bits per heavy atom. The SMILES string of the molecule is CC(C)(C)[Si](OC[C@@]12CCC(=O)N1C[C@H](F)C2)(c1ccccc1)c1ccccc1. The highest BCUT2D eigenvalue weighted by Crippen LogP contribution is 2.43. The zero-order valence-electron chi connectivity index (χ0n) is 17.5. The van der Waals surface area contributed by atoms with Gasteiger partial charge in [-0.2, -0.15) is 0 Å². The molecule has 0 bridgehead atoms. The molecule has 2 aromatic carbocycles. The highest BCUT2D eigenvalue weighted by Gasteiger charge is 2.56. The standard InChI is InChI=1S/C24H30FNO2Si/c1-23(2,3)29(20-10-6-4-7-11-20,21-12-8-5-9-13-21)28-18-24-15-14-22(27)26(24)17-19(25)16-24/h4-13,19H,14-18H2,1-3H3/t19-,24+/m1/s1. The van der Waals surface area contributed by atoms with Crippen LogP contribution in [-0.2, 0) is 9.22 Å². The summed E-state index contributed by atoms with van der Waals surface area (Å²) in [5, 5.41) is 2.29. The average molecular weight is 412 g/mol. The van der Waals surface area contributed by atoms with Crippen molar-refractivity contribution in [3.8, 4) is 0 Å². The molecule has 0 radical (unpaired) electrons. The van der Waals surface area contributed by atoms with Crippen molar-refractivity contribution in [1.82, 2.24) is 4.90 Å². The van der Waals surface area contributed by atoms with E-state index in [0.717, 1.165) is 0 Å². The number of hydrogen-bond donors (Lipinski definition) is 0. The lowest BCUT2D eigenvalue weighted by molar-refractivity contribution is -0.130. The van der Waals surface area contributed by atoms with Gasteiger partial charge < -0.3 is 9.33 Å². The maximum atomic E-state index is 14.3. The van der Waals surface area contributed by atoms with Crippen molar-refractivity contribution in [2.24, 2.45) is 0 Å². The van der Waals surface area contributed by atoms with Crippen molar-refractivity contribution in [3.63, 3.8) is 0 Å². The Morgan fingerprint density at radius 2 is 1.62 bits per heavy atom. The van der Waals surface area contributed by atoms with Crippen LogP contribution in [0.25, 0.3) is 0 Å². The van der Waals surface area contributed by atoms with E-state index in [1.54, 1.807) is 4.90 Å². The third-order valence-electron chi connectivity index (χ3n) is 6.63. The van der Waals surface area contributed by atoms with Crippen molar-refractivity contribution in [2.75, 3.05) is 13.2 Å². The Balaban J connectivity index is 1.78. The molecule has 4 rings (SSSR count). The molecule has 0 aliphatic carbocycles. The normalized spacial score (nSPS) is 24.8. The quantitative estimate of drug-likeness (QED) is 0.703. The molecule has 2 atom stereocenters.